The summed E-state index contributed by atoms with van der Waals surface area (Å²) in [4.78, 5) is 11.7. The van der Waals surface area contributed by atoms with E-state index < -0.39 is 0 Å². The second kappa shape index (κ2) is 6.49. The van der Waals surface area contributed by atoms with Gasteiger partial charge in [-0.05, 0) is 57.9 Å². The summed E-state index contributed by atoms with van der Waals surface area (Å²) >= 11 is 7.59. The van der Waals surface area contributed by atoms with Crippen molar-refractivity contribution in [2.45, 2.75) is 26.7 Å². The van der Waals surface area contributed by atoms with Gasteiger partial charge in [0.25, 0.3) is 0 Å². The maximum Gasteiger partial charge on any atom is 0.171 e. The summed E-state index contributed by atoms with van der Waals surface area (Å²) in [6.45, 7) is 4.26. The number of nitrogens with zero attached hydrogens (tertiary/aromatic N) is 2. The number of halogens is 2. The van der Waals surface area contributed by atoms with E-state index >= 15 is 0 Å². The average Bonchev–Trinajstić information content (AvgIpc) is 2.72. The van der Waals surface area contributed by atoms with Gasteiger partial charge in [-0.2, -0.15) is 0 Å². The van der Waals surface area contributed by atoms with Crippen LogP contribution in [0.4, 0.5) is 5.82 Å². The first-order chi connectivity index (χ1) is 9.06. The number of rotatable bonds is 4. The SMILES string of the molecule is CCCc1nc(-c2cc(Br)c(C)s2)nc(NC)c1I. The Hall–Kier alpha value is -0.210. The van der Waals surface area contributed by atoms with Crippen molar-refractivity contribution < 1.29 is 0 Å². The molecule has 2 heterocycles. The third-order valence-corrected chi connectivity index (χ3v) is 5.99. The molecule has 0 aliphatic heterocycles. The Morgan fingerprint density at radius 2 is 2.16 bits per heavy atom. The Bertz CT molecular complexity index is 578. The van der Waals surface area contributed by atoms with Crippen molar-refractivity contribution in [1.29, 1.82) is 0 Å². The number of aryl methyl sites for hydroxylation is 2. The van der Waals surface area contributed by atoms with Gasteiger partial charge in [0.05, 0.1) is 14.1 Å². The molecule has 0 amide bonds. The summed E-state index contributed by atoms with van der Waals surface area (Å²) in [6.07, 6.45) is 2.07. The van der Waals surface area contributed by atoms with E-state index in [9.17, 15) is 0 Å². The van der Waals surface area contributed by atoms with Crippen LogP contribution in [0.5, 0.6) is 0 Å². The Labute approximate surface area is 139 Å². The molecule has 0 aromatic carbocycles. The number of hydrogen-bond donors (Lipinski definition) is 1. The molecular formula is C13H15BrIN3S. The highest BCUT2D eigenvalue weighted by molar-refractivity contribution is 14.1. The molecule has 0 saturated heterocycles. The minimum Gasteiger partial charge on any atom is -0.372 e. The van der Waals surface area contributed by atoms with Crippen LogP contribution in [-0.2, 0) is 6.42 Å². The second-order valence-corrected chi connectivity index (χ2v) is 7.36. The molecule has 2 aromatic heterocycles. The molecule has 2 aromatic rings. The summed E-state index contributed by atoms with van der Waals surface area (Å²) in [7, 11) is 1.90. The van der Waals surface area contributed by atoms with Gasteiger partial charge in [-0.25, -0.2) is 9.97 Å². The fraction of sp³-hybridized carbons (Fsp3) is 0.385. The van der Waals surface area contributed by atoms with Crippen LogP contribution in [-0.4, -0.2) is 17.0 Å². The standard InChI is InChI=1S/C13H15BrIN3S/c1-4-5-9-11(15)13(16-3)18-12(17-9)10-6-8(14)7(2)19-10/h6H,4-5H2,1-3H3,(H,16,17,18). The molecule has 0 unspecified atom stereocenters. The smallest absolute Gasteiger partial charge is 0.171 e. The monoisotopic (exact) mass is 451 g/mol. The fourth-order valence-electron chi connectivity index (χ4n) is 1.74. The molecule has 19 heavy (non-hydrogen) atoms. The molecule has 2 rings (SSSR count). The largest absolute Gasteiger partial charge is 0.372 e. The average molecular weight is 452 g/mol. The van der Waals surface area contributed by atoms with Gasteiger partial charge in [-0.3, -0.25) is 0 Å². The van der Waals surface area contributed by atoms with Crippen molar-refractivity contribution in [3.8, 4) is 10.7 Å². The minimum atomic E-state index is 0.812. The lowest BCUT2D eigenvalue weighted by atomic mass is 10.2. The Morgan fingerprint density at radius 1 is 1.42 bits per heavy atom. The molecular weight excluding hydrogens is 437 g/mol. The van der Waals surface area contributed by atoms with E-state index in [0.717, 1.165) is 43.1 Å². The normalized spacial score (nSPS) is 10.8. The number of aromatic nitrogens is 2. The number of nitrogens with one attached hydrogen (secondary N) is 1. The molecule has 6 heteroatoms. The first kappa shape index (κ1) is 15.2. The van der Waals surface area contributed by atoms with Crippen LogP contribution >= 0.6 is 49.9 Å². The van der Waals surface area contributed by atoms with Gasteiger partial charge in [-0.15, -0.1) is 11.3 Å². The summed E-state index contributed by atoms with van der Waals surface area (Å²) in [5.74, 6) is 1.73. The van der Waals surface area contributed by atoms with E-state index in [1.54, 1.807) is 11.3 Å². The van der Waals surface area contributed by atoms with E-state index in [4.69, 9.17) is 4.98 Å². The van der Waals surface area contributed by atoms with Crippen molar-refractivity contribution in [1.82, 2.24) is 9.97 Å². The van der Waals surface area contributed by atoms with Crippen molar-refractivity contribution in [2.24, 2.45) is 0 Å². The Kier molecular flexibility index (Phi) is 5.19. The maximum atomic E-state index is 4.73. The number of thiophene rings is 1. The van der Waals surface area contributed by atoms with Crippen LogP contribution in [0.2, 0.25) is 0 Å². The fourth-order valence-corrected chi connectivity index (χ4v) is 3.99. The molecule has 102 valence electrons. The van der Waals surface area contributed by atoms with Crippen molar-refractivity contribution in [2.75, 3.05) is 12.4 Å². The zero-order valence-electron chi connectivity index (χ0n) is 11.1. The molecule has 0 aliphatic rings. The lowest BCUT2D eigenvalue weighted by Crippen LogP contribution is -2.04. The molecule has 0 radical (unpaired) electrons. The van der Waals surface area contributed by atoms with Crippen LogP contribution in [0.1, 0.15) is 23.9 Å². The molecule has 0 fully saturated rings. The second-order valence-electron chi connectivity index (χ2n) is 4.17. The zero-order valence-corrected chi connectivity index (χ0v) is 15.6. The summed E-state index contributed by atoms with van der Waals surface area (Å²) < 4.78 is 2.25. The Morgan fingerprint density at radius 3 is 2.68 bits per heavy atom. The predicted octanol–water partition coefficient (Wildman–Crippen LogP) is 4.87. The first-order valence-corrected chi connectivity index (χ1v) is 8.76. The third-order valence-electron chi connectivity index (χ3n) is 2.72. The number of anilines is 1. The van der Waals surface area contributed by atoms with Crippen molar-refractivity contribution in [3.05, 3.63) is 24.7 Å². The zero-order chi connectivity index (χ0) is 14.0. The van der Waals surface area contributed by atoms with Gasteiger partial charge < -0.3 is 5.32 Å². The minimum absolute atomic E-state index is 0.812. The highest BCUT2D eigenvalue weighted by atomic mass is 127. The molecule has 0 bridgehead atoms. The van der Waals surface area contributed by atoms with Gasteiger partial charge >= 0.3 is 0 Å². The van der Waals surface area contributed by atoms with E-state index in [-0.39, 0.29) is 0 Å². The van der Waals surface area contributed by atoms with Gasteiger partial charge in [0, 0.05) is 16.4 Å². The van der Waals surface area contributed by atoms with Gasteiger partial charge in [0.1, 0.15) is 5.82 Å². The molecule has 0 aliphatic carbocycles. The van der Waals surface area contributed by atoms with E-state index in [1.165, 1.54) is 4.88 Å². The maximum absolute atomic E-state index is 4.73. The molecule has 1 N–H and O–H groups in total. The van der Waals surface area contributed by atoms with Gasteiger partial charge in [0.15, 0.2) is 5.82 Å². The third kappa shape index (κ3) is 3.28. The van der Waals surface area contributed by atoms with Gasteiger partial charge in [-0.1, -0.05) is 13.3 Å². The summed E-state index contributed by atoms with van der Waals surface area (Å²) in [5, 5.41) is 3.16. The topological polar surface area (TPSA) is 37.8 Å². The quantitative estimate of drug-likeness (QED) is 0.673. The molecule has 3 nitrogen and oxygen atoms in total. The molecule has 0 atom stereocenters. The van der Waals surface area contributed by atoms with E-state index in [1.807, 2.05) is 7.05 Å². The predicted molar refractivity (Wildman–Crippen MR) is 94.0 cm³/mol. The highest BCUT2D eigenvalue weighted by Crippen LogP contribution is 2.34. The summed E-state index contributed by atoms with van der Waals surface area (Å²) in [6, 6.07) is 2.09. The van der Waals surface area contributed by atoms with Gasteiger partial charge in [0.2, 0.25) is 0 Å². The van der Waals surface area contributed by atoms with Crippen LogP contribution in [0.3, 0.4) is 0 Å². The highest BCUT2D eigenvalue weighted by Gasteiger charge is 2.14. The van der Waals surface area contributed by atoms with Crippen LogP contribution in [0, 0.1) is 10.5 Å². The summed E-state index contributed by atoms with van der Waals surface area (Å²) in [5.41, 5.74) is 1.12. The van der Waals surface area contributed by atoms with E-state index in [0.29, 0.717) is 0 Å². The van der Waals surface area contributed by atoms with Crippen LogP contribution in [0.25, 0.3) is 10.7 Å². The van der Waals surface area contributed by atoms with Crippen molar-refractivity contribution >= 4 is 55.7 Å². The van der Waals surface area contributed by atoms with Crippen LogP contribution < -0.4 is 5.32 Å². The van der Waals surface area contributed by atoms with Crippen molar-refractivity contribution in [3.63, 3.8) is 0 Å². The number of hydrogen-bond acceptors (Lipinski definition) is 4. The van der Waals surface area contributed by atoms with E-state index in [2.05, 4.69) is 68.7 Å². The lowest BCUT2D eigenvalue weighted by Gasteiger charge is -2.09. The lowest BCUT2D eigenvalue weighted by molar-refractivity contribution is 0.868. The molecule has 0 spiro atoms. The van der Waals surface area contributed by atoms with Crippen LogP contribution in [0.15, 0.2) is 10.5 Å². The first-order valence-electron chi connectivity index (χ1n) is 6.07. The Balaban J connectivity index is 2.54. The molecule has 0 saturated carbocycles.